The van der Waals surface area contributed by atoms with Crippen LogP contribution in [0, 0.1) is 0 Å². The maximum Gasteiger partial charge on any atom is 0.270 e. The quantitative estimate of drug-likeness (QED) is 0.816. The monoisotopic (exact) mass is 261 g/mol. The van der Waals surface area contributed by atoms with Crippen molar-refractivity contribution in [2.24, 2.45) is 0 Å². The summed E-state index contributed by atoms with van der Waals surface area (Å²) < 4.78 is 0. The number of halogens is 1. The summed E-state index contributed by atoms with van der Waals surface area (Å²) in [5.41, 5.74) is 6.80. The largest absolute Gasteiger partial charge is 0.397 e. The number of nitrogen functional groups attached to an aromatic ring is 1. The molecule has 1 heterocycles. The van der Waals surface area contributed by atoms with E-state index < -0.39 is 0 Å². The first-order valence-corrected chi connectivity index (χ1v) is 6.18. The van der Waals surface area contributed by atoms with Crippen LogP contribution in [0.2, 0.25) is 5.02 Å². The van der Waals surface area contributed by atoms with Gasteiger partial charge in [-0.1, -0.05) is 17.7 Å². The molecule has 0 aliphatic heterocycles. The molecule has 1 fully saturated rings. The second-order valence-electron chi connectivity index (χ2n) is 4.46. The van der Waals surface area contributed by atoms with Gasteiger partial charge in [0.05, 0.1) is 10.7 Å². The molecule has 0 atom stereocenters. The number of hydrogen-bond donors (Lipinski definition) is 2. The fraction of sp³-hybridized carbons (Fsp3) is 0.231. The van der Waals surface area contributed by atoms with Crippen LogP contribution in [0.25, 0.3) is 10.8 Å². The van der Waals surface area contributed by atoms with Crippen molar-refractivity contribution in [2.45, 2.75) is 18.9 Å². The number of carbonyl (C=O) groups excluding carboxylic acids is 1. The SMILES string of the molecule is Nc1c(Cl)ccc2c(C(=O)NC3CC3)nccc12. The Bertz CT molecular complexity index is 637. The number of nitrogens with two attached hydrogens (primary N) is 1. The number of pyridine rings is 1. The van der Waals surface area contributed by atoms with E-state index in [1.807, 2.05) is 0 Å². The molecular formula is C13H12ClN3O. The van der Waals surface area contributed by atoms with E-state index in [1.165, 1.54) is 0 Å². The first-order valence-electron chi connectivity index (χ1n) is 5.80. The zero-order chi connectivity index (χ0) is 12.7. The molecule has 0 bridgehead atoms. The molecule has 2 aromatic rings. The number of fused-ring (bicyclic) bond motifs is 1. The molecule has 0 spiro atoms. The minimum absolute atomic E-state index is 0.148. The molecule has 0 saturated heterocycles. The Morgan fingerprint density at radius 2 is 2.11 bits per heavy atom. The van der Waals surface area contributed by atoms with Gasteiger partial charge in [-0.05, 0) is 25.0 Å². The molecule has 4 nitrogen and oxygen atoms in total. The maximum atomic E-state index is 12.1. The molecule has 5 heteroatoms. The summed E-state index contributed by atoms with van der Waals surface area (Å²) in [5.74, 6) is -0.148. The highest BCUT2D eigenvalue weighted by Crippen LogP contribution is 2.29. The number of aromatic nitrogens is 1. The van der Waals surface area contributed by atoms with E-state index in [2.05, 4.69) is 10.3 Å². The van der Waals surface area contributed by atoms with E-state index in [9.17, 15) is 4.79 Å². The molecular weight excluding hydrogens is 250 g/mol. The van der Waals surface area contributed by atoms with Crippen molar-refractivity contribution in [3.8, 4) is 0 Å². The minimum Gasteiger partial charge on any atom is -0.397 e. The lowest BCUT2D eigenvalue weighted by atomic mass is 10.1. The van der Waals surface area contributed by atoms with Crippen molar-refractivity contribution in [3.63, 3.8) is 0 Å². The zero-order valence-electron chi connectivity index (χ0n) is 9.61. The van der Waals surface area contributed by atoms with E-state index in [1.54, 1.807) is 24.4 Å². The van der Waals surface area contributed by atoms with Gasteiger partial charge in [0, 0.05) is 23.0 Å². The van der Waals surface area contributed by atoms with Gasteiger partial charge in [0.25, 0.3) is 5.91 Å². The second kappa shape index (κ2) is 4.14. The second-order valence-corrected chi connectivity index (χ2v) is 4.87. The molecule has 1 aliphatic rings. The first-order chi connectivity index (χ1) is 8.66. The predicted octanol–water partition coefficient (Wildman–Crippen LogP) is 2.36. The van der Waals surface area contributed by atoms with Crippen molar-refractivity contribution < 1.29 is 4.79 Å². The van der Waals surface area contributed by atoms with Crippen molar-refractivity contribution in [2.75, 3.05) is 5.73 Å². The Morgan fingerprint density at radius 3 is 2.83 bits per heavy atom. The topological polar surface area (TPSA) is 68.0 Å². The fourth-order valence-corrected chi connectivity index (χ4v) is 2.08. The third-order valence-corrected chi connectivity index (χ3v) is 3.39. The van der Waals surface area contributed by atoms with Crippen LogP contribution in [0.3, 0.4) is 0 Å². The molecule has 0 unspecified atom stereocenters. The number of hydrogen-bond acceptors (Lipinski definition) is 3. The van der Waals surface area contributed by atoms with Crippen molar-refractivity contribution in [1.29, 1.82) is 0 Å². The molecule has 3 rings (SSSR count). The Hall–Kier alpha value is -1.81. The average Bonchev–Trinajstić information content (AvgIpc) is 3.17. The van der Waals surface area contributed by atoms with Gasteiger partial charge in [0.2, 0.25) is 0 Å². The van der Waals surface area contributed by atoms with Crippen LogP contribution < -0.4 is 11.1 Å². The third kappa shape index (κ3) is 1.88. The molecule has 92 valence electrons. The molecule has 18 heavy (non-hydrogen) atoms. The zero-order valence-corrected chi connectivity index (χ0v) is 10.4. The lowest BCUT2D eigenvalue weighted by Crippen LogP contribution is -2.26. The lowest BCUT2D eigenvalue weighted by Gasteiger charge is -2.08. The number of carbonyl (C=O) groups is 1. The van der Waals surface area contributed by atoms with Gasteiger partial charge < -0.3 is 11.1 Å². The summed E-state index contributed by atoms with van der Waals surface area (Å²) in [5, 5.41) is 4.91. The van der Waals surface area contributed by atoms with Gasteiger partial charge in [-0.3, -0.25) is 9.78 Å². The average molecular weight is 262 g/mol. The number of amides is 1. The van der Waals surface area contributed by atoms with E-state index in [0.29, 0.717) is 22.4 Å². The van der Waals surface area contributed by atoms with E-state index in [4.69, 9.17) is 17.3 Å². The molecule has 1 aromatic heterocycles. The van der Waals surface area contributed by atoms with Gasteiger partial charge in [-0.25, -0.2) is 0 Å². The number of rotatable bonds is 2. The molecule has 1 aliphatic carbocycles. The van der Waals surface area contributed by atoms with E-state index >= 15 is 0 Å². The number of nitrogens with one attached hydrogen (secondary N) is 1. The summed E-state index contributed by atoms with van der Waals surface area (Å²) in [7, 11) is 0. The maximum absolute atomic E-state index is 12.1. The van der Waals surface area contributed by atoms with Crippen molar-refractivity contribution in [1.82, 2.24) is 10.3 Å². The Kier molecular flexibility index (Phi) is 2.59. The molecule has 1 aromatic carbocycles. The van der Waals surface area contributed by atoms with Crippen LogP contribution >= 0.6 is 11.6 Å². The van der Waals surface area contributed by atoms with Gasteiger partial charge in [-0.2, -0.15) is 0 Å². The van der Waals surface area contributed by atoms with Crippen LogP contribution in [0.5, 0.6) is 0 Å². The summed E-state index contributed by atoms with van der Waals surface area (Å²) in [4.78, 5) is 16.2. The Morgan fingerprint density at radius 1 is 1.33 bits per heavy atom. The highest BCUT2D eigenvalue weighted by molar-refractivity contribution is 6.34. The van der Waals surface area contributed by atoms with E-state index in [0.717, 1.165) is 23.6 Å². The van der Waals surface area contributed by atoms with Crippen LogP contribution in [-0.2, 0) is 0 Å². The van der Waals surface area contributed by atoms with Gasteiger partial charge in [0.15, 0.2) is 0 Å². The van der Waals surface area contributed by atoms with Crippen LogP contribution in [0.1, 0.15) is 23.3 Å². The Labute approximate surface area is 109 Å². The standard InChI is InChI=1S/C13H12ClN3O/c14-10-4-3-9-8(11(10)15)5-6-16-12(9)13(18)17-7-1-2-7/h3-7H,1-2,15H2,(H,17,18). The highest BCUT2D eigenvalue weighted by atomic mass is 35.5. The molecule has 1 saturated carbocycles. The van der Waals surface area contributed by atoms with Gasteiger partial charge in [-0.15, -0.1) is 0 Å². The fourth-order valence-electron chi connectivity index (χ4n) is 1.91. The van der Waals surface area contributed by atoms with E-state index in [-0.39, 0.29) is 5.91 Å². The minimum atomic E-state index is -0.148. The van der Waals surface area contributed by atoms with Crippen LogP contribution in [-0.4, -0.2) is 16.9 Å². The highest BCUT2D eigenvalue weighted by Gasteiger charge is 2.25. The summed E-state index contributed by atoms with van der Waals surface area (Å²) in [6.45, 7) is 0. The smallest absolute Gasteiger partial charge is 0.270 e. The summed E-state index contributed by atoms with van der Waals surface area (Å²) in [6, 6.07) is 5.54. The predicted molar refractivity (Wildman–Crippen MR) is 71.7 cm³/mol. The number of anilines is 1. The Balaban J connectivity index is 2.11. The van der Waals surface area contributed by atoms with Crippen LogP contribution in [0.15, 0.2) is 24.4 Å². The van der Waals surface area contributed by atoms with Crippen LogP contribution in [0.4, 0.5) is 5.69 Å². The first kappa shape index (κ1) is 11.3. The molecule has 0 radical (unpaired) electrons. The van der Waals surface area contributed by atoms with Crippen molar-refractivity contribution >= 4 is 34.0 Å². The van der Waals surface area contributed by atoms with Gasteiger partial charge >= 0.3 is 0 Å². The van der Waals surface area contributed by atoms with Gasteiger partial charge in [0.1, 0.15) is 5.69 Å². The lowest BCUT2D eigenvalue weighted by molar-refractivity contribution is 0.0948. The number of nitrogens with zero attached hydrogens (tertiary/aromatic N) is 1. The third-order valence-electron chi connectivity index (χ3n) is 3.06. The normalized spacial score (nSPS) is 14.7. The van der Waals surface area contributed by atoms with Crippen molar-refractivity contribution in [3.05, 3.63) is 35.1 Å². The molecule has 1 amide bonds. The summed E-state index contributed by atoms with van der Waals surface area (Å²) >= 11 is 5.97. The number of benzene rings is 1. The summed E-state index contributed by atoms with van der Waals surface area (Å²) in [6.07, 6.45) is 3.67. The molecule has 3 N–H and O–H groups in total.